The maximum atomic E-state index is 13.2. The van der Waals surface area contributed by atoms with E-state index in [2.05, 4.69) is 17.4 Å². The van der Waals surface area contributed by atoms with Gasteiger partial charge in [-0.1, -0.05) is 0 Å². The first-order valence-corrected chi connectivity index (χ1v) is 6.54. The summed E-state index contributed by atoms with van der Waals surface area (Å²) in [5.74, 6) is -10.9. The Morgan fingerprint density at radius 3 is 1.86 bits per heavy atom. The van der Waals surface area contributed by atoms with Gasteiger partial charge in [-0.05, 0) is 19.3 Å². The van der Waals surface area contributed by atoms with Crippen molar-refractivity contribution < 1.29 is 26.7 Å². The Labute approximate surface area is 130 Å². The average Bonchev–Trinajstić information content (AvgIpc) is 2.45. The van der Waals surface area contributed by atoms with Crippen molar-refractivity contribution in [3.8, 4) is 5.75 Å². The second-order valence-electron chi connectivity index (χ2n) is 4.19. The lowest BCUT2D eigenvalue weighted by molar-refractivity contribution is 0.255. The minimum Gasteiger partial charge on any atom is -0.487 e. The average molecular weight is 352 g/mol. The van der Waals surface area contributed by atoms with Gasteiger partial charge >= 0.3 is 0 Å². The van der Waals surface area contributed by atoms with Gasteiger partial charge in [-0.2, -0.15) is 21.4 Å². The fraction of sp³-hybridized carbons (Fsp3) is 0.500. The molecule has 0 amide bonds. The van der Waals surface area contributed by atoms with Gasteiger partial charge in [-0.25, -0.2) is 13.2 Å². The van der Waals surface area contributed by atoms with Crippen LogP contribution in [0.3, 0.4) is 0 Å². The van der Waals surface area contributed by atoms with E-state index in [9.17, 15) is 22.0 Å². The Morgan fingerprint density at radius 1 is 0.905 bits per heavy atom. The Morgan fingerprint density at radius 2 is 1.38 bits per heavy atom. The number of benzene rings is 1. The highest BCUT2D eigenvalue weighted by atomic mass is 35.5. The van der Waals surface area contributed by atoms with Crippen LogP contribution < -0.4 is 10.5 Å². The Hall–Kier alpha value is -0.730. The van der Waals surface area contributed by atoms with Gasteiger partial charge in [0.1, 0.15) is 0 Å². The van der Waals surface area contributed by atoms with Crippen LogP contribution >= 0.6 is 25.0 Å². The first-order chi connectivity index (χ1) is 9.40. The zero-order valence-electron chi connectivity index (χ0n) is 10.8. The SMILES string of the molecule is Cl.NC(CS)CCCCOc1c(F)c(F)c(F)c(F)c1F. The molecule has 1 atom stereocenters. The number of thiol groups is 1. The highest BCUT2D eigenvalue weighted by molar-refractivity contribution is 7.80. The van der Waals surface area contributed by atoms with Gasteiger partial charge in [0.2, 0.25) is 29.1 Å². The van der Waals surface area contributed by atoms with E-state index in [4.69, 9.17) is 5.73 Å². The monoisotopic (exact) mass is 351 g/mol. The van der Waals surface area contributed by atoms with Gasteiger partial charge in [0.15, 0.2) is 5.75 Å². The van der Waals surface area contributed by atoms with Crippen LogP contribution in [0, 0.1) is 29.1 Å². The molecule has 0 spiro atoms. The van der Waals surface area contributed by atoms with Crippen LogP contribution in [0.15, 0.2) is 0 Å². The molecule has 1 aromatic carbocycles. The molecule has 0 aliphatic heterocycles. The van der Waals surface area contributed by atoms with Gasteiger partial charge in [0, 0.05) is 11.8 Å². The molecule has 0 aliphatic rings. The highest BCUT2D eigenvalue weighted by Crippen LogP contribution is 2.29. The van der Waals surface area contributed by atoms with E-state index < -0.39 is 34.8 Å². The fourth-order valence-electron chi connectivity index (χ4n) is 1.49. The molecular formula is C12H15ClF5NOS. The largest absolute Gasteiger partial charge is 0.487 e. The minimum atomic E-state index is -2.20. The number of nitrogens with two attached hydrogens (primary N) is 1. The quantitative estimate of drug-likeness (QED) is 0.259. The van der Waals surface area contributed by atoms with Gasteiger partial charge < -0.3 is 10.5 Å². The zero-order valence-corrected chi connectivity index (χ0v) is 12.6. The summed E-state index contributed by atoms with van der Waals surface area (Å²) in [5.41, 5.74) is 5.59. The van der Waals surface area contributed by atoms with Crippen LogP contribution in [-0.2, 0) is 0 Å². The Balaban J connectivity index is 0.00000400. The summed E-state index contributed by atoms with van der Waals surface area (Å²) in [6.07, 6.45) is 1.60. The smallest absolute Gasteiger partial charge is 0.206 e. The molecule has 0 heterocycles. The second-order valence-corrected chi connectivity index (χ2v) is 4.55. The number of hydrogen-bond donors (Lipinski definition) is 2. The molecular weight excluding hydrogens is 337 g/mol. The number of hydrogen-bond acceptors (Lipinski definition) is 3. The molecule has 1 unspecified atom stereocenters. The Bertz CT molecular complexity index is 448. The molecule has 0 fully saturated rings. The van der Waals surface area contributed by atoms with Gasteiger partial charge in [0.25, 0.3) is 0 Å². The predicted molar refractivity (Wildman–Crippen MR) is 74.7 cm³/mol. The highest BCUT2D eigenvalue weighted by Gasteiger charge is 2.26. The van der Waals surface area contributed by atoms with Gasteiger partial charge in [-0.3, -0.25) is 0 Å². The van der Waals surface area contributed by atoms with E-state index in [0.29, 0.717) is 25.0 Å². The normalized spacial score (nSPS) is 12.0. The summed E-state index contributed by atoms with van der Waals surface area (Å²) in [4.78, 5) is 0. The molecule has 0 saturated heterocycles. The first kappa shape index (κ1) is 20.3. The van der Waals surface area contributed by atoms with Crippen LogP contribution in [0.1, 0.15) is 19.3 Å². The second kappa shape index (κ2) is 9.32. The predicted octanol–water partition coefficient (Wildman–Crippen LogP) is 3.61. The molecule has 9 heteroatoms. The molecule has 21 heavy (non-hydrogen) atoms. The summed E-state index contributed by atoms with van der Waals surface area (Å²) in [6.45, 7) is -0.169. The molecule has 0 bridgehead atoms. The summed E-state index contributed by atoms with van der Waals surface area (Å²) >= 11 is 3.98. The van der Waals surface area contributed by atoms with Crippen molar-refractivity contribution in [1.82, 2.24) is 0 Å². The molecule has 122 valence electrons. The summed E-state index contributed by atoms with van der Waals surface area (Å²) < 4.78 is 69.6. The van der Waals surface area contributed by atoms with Crippen LogP contribution in [0.25, 0.3) is 0 Å². The number of ether oxygens (including phenoxy) is 1. The van der Waals surface area contributed by atoms with E-state index >= 15 is 0 Å². The number of halogens is 6. The third kappa shape index (κ3) is 5.19. The summed E-state index contributed by atoms with van der Waals surface area (Å²) in [7, 11) is 0. The van der Waals surface area contributed by atoms with E-state index in [0.717, 1.165) is 0 Å². The van der Waals surface area contributed by atoms with Crippen molar-refractivity contribution in [1.29, 1.82) is 0 Å². The Kier molecular flexibility index (Phi) is 9.00. The minimum absolute atomic E-state index is 0. The first-order valence-electron chi connectivity index (χ1n) is 5.90. The standard InChI is InChI=1S/C12H14F5NOS.ClH/c13-7-8(14)10(16)12(11(17)9(7)15)19-4-2-1-3-6(18)5-20;/h6,20H,1-5,18H2;1H. The van der Waals surface area contributed by atoms with E-state index in [1.165, 1.54) is 0 Å². The zero-order chi connectivity index (χ0) is 15.3. The van der Waals surface area contributed by atoms with Crippen LogP contribution in [0.2, 0.25) is 0 Å². The van der Waals surface area contributed by atoms with Crippen molar-refractivity contribution in [2.75, 3.05) is 12.4 Å². The van der Waals surface area contributed by atoms with Gasteiger partial charge in [-0.15, -0.1) is 12.4 Å². The lowest BCUT2D eigenvalue weighted by Gasteiger charge is -2.11. The molecule has 1 rings (SSSR count). The van der Waals surface area contributed by atoms with Crippen molar-refractivity contribution in [2.45, 2.75) is 25.3 Å². The summed E-state index contributed by atoms with van der Waals surface area (Å²) in [5, 5.41) is 0. The van der Waals surface area contributed by atoms with E-state index in [1.54, 1.807) is 0 Å². The van der Waals surface area contributed by atoms with E-state index in [1.807, 2.05) is 0 Å². The molecule has 2 nitrogen and oxygen atoms in total. The van der Waals surface area contributed by atoms with Crippen molar-refractivity contribution in [3.05, 3.63) is 29.1 Å². The van der Waals surface area contributed by atoms with Crippen molar-refractivity contribution in [3.63, 3.8) is 0 Å². The molecule has 0 aromatic heterocycles. The van der Waals surface area contributed by atoms with Crippen LogP contribution in [0.5, 0.6) is 5.75 Å². The molecule has 0 saturated carbocycles. The lowest BCUT2D eigenvalue weighted by Crippen LogP contribution is -2.21. The number of unbranched alkanes of at least 4 members (excludes halogenated alkanes) is 1. The summed E-state index contributed by atoms with van der Waals surface area (Å²) in [6, 6.07) is -0.104. The molecule has 0 aliphatic carbocycles. The lowest BCUT2D eigenvalue weighted by atomic mass is 10.1. The van der Waals surface area contributed by atoms with Gasteiger partial charge in [0.05, 0.1) is 6.61 Å². The maximum absolute atomic E-state index is 13.2. The van der Waals surface area contributed by atoms with Crippen LogP contribution in [0.4, 0.5) is 22.0 Å². The molecule has 0 radical (unpaired) electrons. The third-order valence-electron chi connectivity index (χ3n) is 2.62. The third-order valence-corrected chi connectivity index (χ3v) is 3.09. The van der Waals surface area contributed by atoms with Crippen molar-refractivity contribution >= 4 is 25.0 Å². The fourth-order valence-corrected chi connectivity index (χ4v) is 1.67. The topological polar surface area (TPSA) is 35.2 Å². The molecule has 2 N–H and O–H groups in total. The van der Waals surface area contributed by atoms with Crippen molar-refractivity contribution in [2.24, 2.45) is 5.73 Å². The maximum Gasteiger partial charge on any atom is 0.206 e. The van der Waals surface area contributed by atoms with Crippen LogP contribution in [-0.4, -0.2) is 18.4 Å². The molecule has 1 aromatic rings. The number of rotatable bonds is 7. The van der Waals surface area contributed by atoms with E-state index in [-0.39, 0.29) is 25.1 Å².